The van der Waals surface area contributed by atoms with E-state index in [9.17, 15) is 18.0 Å². The van der Waals surface area contributed by atoms with E-state index in [0.29, 0.717) is 51.8 Å². The molecule has 1 N–H and O–H groups in total. The first-order chi connectivity index (χ1) is 21.9. The average molecular weight is 650 g/mol. The van der Waals surface area contributed by atoms with E-state index in [1.54, 1.807) is 48.3 Å². The van der Waals surface area contributed by atoms with Crippen LogP contribution in [0.2, 0.25) is 5.02 Å². The number of rotatable bonds is 7. The number of carbonyl (C=O) groups is 1. The number of hydrogen-bond acceptors (Lipinski definition) is 7. The SMILES string of the molecule is Cc1ccc(C(=O)Nc2ccc(CN3CCN(C)CC3)c(C(F)(F)F)c2)cc1Oc1nc(-c2cccc(Cl)c2)nc2c1cnn2C. The van der Waals surface area contributed by atoms with E-state index in [0.717, 1.165) is 19.2 Å². The van der Waals surface area contributed by atoms with Crippen LogP contribution in [0, 0.1) is 6.92 Å². The fourth-order valence-corrected chi connectivity index (χ4v) is 5.48. The van der Waals surface area contributed by atoms with Crippen LogP contribution >= 0.6 is 11.6 Å². The summed E-state index contributed by atoms with van der Waals surface area (Å²) in [6.45, 7) is 4.96. The van der Waals surface area contributed by atoms with Gasteiger partial charge >= 0.3 is 6.18 Å². The zero-order valence-corrected chi connectivity index (χ0v) is 26.2. The summed E-state index contributed by atoms with van der Waals surface area (Å²) in [6, 6.07) is 15.8. The van der Waals surface area contributed by atoms with Gasteiger partial charge in [0.1, 0.15) is 11.1 Å². The molecule has 46 heavy (non-hydrogen) atoms. The second-order valence-electron chi connectivity index (χ2n) is 11.4. The fraction of sp³-hybridized carbons (Fsp3) is 0.273. The number of benzene rings is 3. The smallest absolute Gasteiger partial charge is 0.416 e. The van der Waals surface area contributed by atoms with E-state index in [-0.39, 0.29) is 29.2 Å². The number of hydrogen-bond donors (Lipinski definition) is 1. The van der Waals surface area contributed by atoms with Crippen molar-refractivity contribution in [1.29, 1.82) is 0 Å². The van der Waals surface area contributed by atoms with Gasteiger partial charge in [-0.1, -0.05) is 35.9 Å². The predicted octanol–water partition coefficient (Wildman–Crippen LogP) is 6.80. The highest BCUT2D eigenvalue weighted by atomic mass is 35.5. The largest absolute Gasteiger partial charge is 0.438 e. The number of ether oxygens (including phenoxy) is 1. The molecule has 6 rings (SSSR count). The number of fused-ring (bicyclic) bond motifs is 1. The second kappa shape index (κ2) is 12.7. The number of carbonyl (C=O) groups excluding carboxylic acids is 1. The van der Waals surface area contributed by atoms with E-state index < -0.39 is 17.6 Å². The number of nitrogens with one attached hydrogen (secondary N) is 1. The van der Waals surface area contributed by atoms with Gasteiger partial charge in [-0.3, -0.25) is 14.4 Å². The fourth-order valence-electron chi connectivity index (χ4n) is 5.29. The summed E-state index contributed by atoms with van der Waals surface area (Å²) >= 11 is 6.20. The van der Waals surface area contributed by atoms with Crippen molar-refractivity contribution in [2.45, 2.75) is 19.6 Å². The number of amides is 1. The van der Waals surface area contributed by atoms with Gasteiger partial charge in [0.05, 0.1) is 11.8 Å². The Balaban J connectivity index is 1.26. The molecule has 0 bridgehead atoms. The van der Waals surface area contributed by atoms with Crippen LogP contribution in [-0.2, 0) is 19.8 Å². The van der Waals surface area contributed by atoms with Crippen LogP contribution in [0.1, 0.15) is 27.0 Å². The van der Waals surface area contributed by atoms with Crippen LogP contribution in [0.5, 0.6) is 11.6 Å². The molecule has 0 atom stereocenters. The molecule has 13 heteroatoms. The maximum absolute atomic E-state index is 14.1. The Morgan fingerprint density at radius 2 is 1.78 bits per heavy atom. The Bertz CT molecular complexity index is 1920. The summed E-state index contributed by atoms with van der Waals surface area (Å²) in [7, 11) is 3.74. The van der Waals surface area contributed by atoms with Crippen molar-refractivity contribution in [3.63, 3.8) is 0 Å². The van der Waals surface area contributed by atoms with Crippen molar-refractivity contribution in [1.82, 2.24) is 29.5 Å². The molecule has 2 aromatic heterocycles. The molecule has 0 radical (unpaired) electrons. The van der Waals surface area contributed by atoms with E-state index in [2.05, 4.69) is 25.3 Å². The Kier molecular flexibility index (Phi) is 8.69. The van der Waals surface area contributed by atoms with E-state index in [1.807, 2.05) is 24.9 Å². The van der Waals surface area contributed by atoms with Gasteiger partial charge in [-0.25, -0.2) is 4.98 Å². The Hall–Kier alpha value is -4.52. The van der Waals surface area contributed by atoms with Gasteiger partial charge in [-0.15, -0.1) is 0 Å². The second-order valence-corrected chi connectivity index (χ2v) is 11.8. The lowest BCUT2D eigenvalue weighted by Gasteiger charge is -2.33. The Morgan fingerprint density at radius 3 is 2.52 bits per heavy atom. The molecule has 0 saturated carbocycles. The molecule has 1 aliphatic heterocycles. The topological polar surface area (TPSA) is 88.4 Å². The standard InChI is InChI=1S/C33H31ClF3N7O2/c1-20-7-8-22(31(45)39-25-10-9-23(27(17-25)33(35,36)37)19-44-13-11-42(2)12-14-44)16-28(20)46-32-26-18-38-43(3)30(26)40-29(41-32)21-5-4-6-24(34)15-21/h4-10,15-18H,11-14,19H2,1-3H3,(H,39,45). The third kappa shape index (κ3) is 6.84. The van der Waals surface area contributed by atoms with Gasteiger partial charge in [0.15, 0.2) is 11.5 Å². The van der Waals surface area contributed by atoms with E-state index >= 15 is 0 Å². The van der Waals surface area contributed by atoms with Crippen molar-refractivity contribution >= 4 is 34.2 Å². The number of alkyl halides is 3. The third-order valence-corrected chi connectivity index (χ3v) is 8.19. The minimum Gasteiger partial charge on any atom is -0.438 e. The van der Waals surface area contributed by atoms with Crippen molar-refractivity contribution < 1.29 is 22.7 Å². The summed E-state index contributed by atoms with van der Waals surface area (Å²) in [4.78, 5) is 26.7. The molecule has 0 unspecified atom stereocenters. The number of piperazine rings is 1. The summed E-state index contributed by atoms with van der Waals surface area (Å²) < 4.78 is 50.1. The molecule has 1 amide bonds. The quantitative estimate of drug-likeness (QED) is 0.207. The molecule has 0 spiro atoms. The van der Waals surface area contributed by atoms with Gasteiger partial charge in [0.2, 0.25) is 5.88 Å². The molecule has 1 fully saturated rings. The van der Waals surface area contributed by atoms with E-state index in [1.165, 1.54) is 18.2 Å². The minimum absolute atomic E-state index is 0.0431. The van der Waals surface area contributed by atoms with Crippen molar-refractivity contribution in [2.75, 3.05) is 38.5 Å². The summed E-state index contributed by atoms with van der Waals surface area (Å²) in [5, 5.41) is 7.99. The number of aryl methyl sites for hydroxylation is 2. The third-order valence-electron chi connectivity index (χ3n) is 7.96. The van der Waals surface area contributed by atoms with Gasteiger partial charge < -0.3 is 15.0 Å². The highest BCUT2D eigenvalue weighted by Gasteiger charge is 2.34. The first-order valence-electron chi connectivity index (χ1n) is 14.6. The van der Waals surface area contributed by atoms with Gasteiger partial charge in [-0.05, 0) is 61.5 Å². The zero-order chi connectivity index (χ0) is 32.6. The van der Waals surface area contributed by atoms with Crippen LogP contribution in [-0.4, -0.2) is 68.7 Å². The van der Waals surface area contributed by atoms with Gasteiger partial charge in [-0.2, -0.15) is 23.3 Å². The molecule has 3 heterocycles. The summed E-state index contributed by atoms with van der Waals surface area (Å²) in [5.41, 5.74) is 1.57. The van der Waals surface area contributed by atoms with Gasteiger partial charge in [0.25, 0.3) is 5.91 Å². The molecule has 1 aliphatic rings. The lowest BCUT2D eigenvalue weighted by atomic mass is 10.0. The lowest BCUT2D eigenvalue weighted by Crippen LogP contribution is -2.44. The van der Waals surface area contributed by atoms with Crippen LogP contribution in [0.4, 0.5) is 18.9 Å². The molecule has 1 saturated heterocycles. The molecule has 238 valence electrons. The van der Waals surface area contributed by atoms with Crippen molar-refractivity contribution in [3.8, 4) is 23.0 Å². The molecule has 5 aromatic rings. The zero-order valence-electron chi connectivity index (χ0n) is 25.4. The molecule has 0 aliphatic carbocycles. The number of aromatic nitrogens is 4. The number of anilines is 1. The molecular weight excluding hydrogens is 619 g/mol. The lowest BCUT2D eigenvalue weighted by molar-refractivity contribution is -0.138. The molecule has 9 nitrogen and oxygen atoms in total. The highest BCUT2D eigenvalue weighted by molar-refractivity contribution is 6.30. The van der Waals surface area contributed by atoms with E-state index in [4.69, 9.17) is 16.3 Å². The molecule has 3 aromatic carbocycles. The van der Waals surface area contributed by atoms with Gasteiger partial charge in [0, 0.05) is 61.6 Å². The van der Waals surface area contributed by atoms with Crippen molar-refractivity contribution in [3.05, 3.63) is 94.1 Å². The first kappa shape index (κ1) is 31.5. The number of nitrogens with zero attached hydrogens (tertiary/aromatic N) is 6. The summed E-state index contributed by atoms with van der Waals surface area (Å²) in [6.07, 6.45) is -2.99. The number of halogens is 4. The minimum atomic E-state index is -4.58. The molecular formula is C33H31ClF3N7O2. The monoisotopic (exact) mass is 649 g/mol. The predicted molar refractivity (Wildman–Crippen MR) is 170 cm³/mol. The highest BCUT2D eigenvalue weighted by Crippen LogP contribution is 2.36. The Morgan fingerprint density at radius 1 is 1.00 bits per heavy atom. The van der Waals surface area contributed by atoms with Crippen LogP contribution in [0.15, 0.2) is 66.9 Å². The Labute approximate surface area is 268 Å². The average Bonchev–Trinajstić information content (AvgIpc) is 3.40. The van der Waals surface area contributed by atoms with Crippen molar-refractivity contribution in [2.24, 2.45) is 7.05 Å². The number of likely N-dealkylation sites (N-methyl/N-ethyl adjacent to an activating group) is 1. The first-order valence-corrected chi connectivity index (χ1v) is 15.0. The van der Waals surface area contributed by atoms with Crippen LogP contribution < -0.4 is 10.1 Å². The normalized spacial score (nSPS) is 14.5. The summed E-state index contributed by atoms with van der Waals surface area (Å²) in [5.74, 6) is 0.349. The van der Waals surface area contributed by atoms with Crippen LogP contribution in [0.25, 0.3) is 22.4 Å². The maximum atomic E-state index is 14.1. The van der Waals surface area contributed by atoms with Crippen LogP contribution in [0.3, 0.4) is 0 Å². The maximum Gasteiger partial charge on any atom is 0.416 e.